The SMILES string of the molecule is CCCC(N)C(=O)Nc1cc(NC(C)=O)ccc1OC. The molecule has 2 amide bonds. The zero-order valence-electron chi connectivity index (χ0n) is 12.0. The maximum absolute atomic E-state index is 11.9. The van der Waals surface area contributed by atoms with Crippen LogP contribution >= 0.6 is 0 Å². The zero-order valence-corrected chi connectivity index (χ0v) is 12.0. The van der Waals surface area contributed by atoms with Crippen LogP contribution in [0.5, 0.6) is 5.75 Å². The van der Waals surface area contributed by atoms with Gasteiger partial charge in [-0.15, -0.1) is 0 Å². The second-order valence-corrected chi connectivity index (χ2v) is 4.48. The van der Waals surface area contributed by atoms with Gasteiger partial charge in [0.15, 0.2) is 0 Å². The van der Waals surface area contributed by atoms with Gasteiger partial charge in [0.05, 0.1) is 18.8 Å². The number of nitrogens with two attached hydrogens (primary N) is 1. The van der Waals surface area contributed by atoms with Crippen molar-refractivity contribution in [3.05, 3.63) is 18.2 Å². The predicted octanol–water partition coefficient (Wildman–Crippen LogP) is 1.72. The van der Waals surface area contributed by atoms with Crippen molar-refractivity contribution in [2.45, 2.75) is 32.7 Å². The van der Waals surface area contributed by atoms with E-state index in [0.29, 0.717) is 23.5 Å². The number of amides is 2. The molecule has 1 unspecified atom stereocenters. The van der Waals surface area contributed by atoms with Crippen LogP contribution in [0.4, 0.5) is 11.4 Å². The number of ether oxygens (including phenoxy) is 1. The van der Waals surface area contributed by atoms with Crippen molar-refractivity contribution in [1.29, 1.82) is 0 Å². The highest BCUT2D eigenvalue weighted by Crippen LogP contribution is 2.28. The molecule has 0 fully saturated rings. The van der Waals surface area contributed by atoms with E-state index in [2.05, 4.69) is 10.6 Å². The minimum absolute atomic E-state index is 0.185. The summed E-state index contributed by atoms with van der Waals surface area (Å²) in [5, 5.41) is 5.37. The van der Waals surface area contributed by atoms with Crippen LogP contribution in [0.3, 0.4) is 0 Å². The van der Waals surface area contributed by atoms with Crippen LogP contribution in [0.2, 0.25) is 0 Å². The molecule has 6 heteroatoms. The smallest absolute Gasteiger partial charge is 0.241 e. The minimum atomic E-state index is -0.561. The predicted molar refractivity (Wildman–Crippen MR) is 78.8 cm³/mol. The number of carbonyl (C=O) groups excluding carboxylic acids is 2. The van der Waals surface area contributed by atoms with E-state index >= 15 is 0 Å². The lowest BCUT2D eigenvalue weighted by atomic mass is 10.1. The number of nitrogens with one attached hydrogen (secondary N) is 2. The standard InChI is InChI=1S/C14H21N3O3/c1-4-5-11(15)14(19)17-12-8-10(16-9(2)18)6-7-13(12)20-3/h6-8,11H,4-5,15H2,1-3H3,(H,16,18)(H,17,19). The quantitative estimate of drug-likeness (QED) is 0.739. The fourth-order valence-corrected chi connectivity index (χ4v) is 1.75. The highest BCUT2D eigenvalue weighted by atomic mass is 16.5. The molecule has 4 N–H and O–H groups in total. The van der Waals surface area contributed by atoms with Crippen LogP contribution < -0.4 is 21.1 Å². The molecule has 1 aromatic carbocycles. The van der Waals surface area contributed by atoms with Gasteiger partial charge in [0, 0.05) is 12.6 Å². The summed E-state index contributed by atoms with van der Waals surface area (Å²) in [6, 6.07) is 4.44. The van der Waals surface area contributed by atoms with Crippen molar-refractivity contribution in [3.63, 3.8) is 0 Å². The van der Waals surface area contributed by atoms with Crippen LogP contribution in [-0.2, 0) is 9.59 Å². The van der Waals surface area contributed by atoms with E-state index in [4.69, 9.17) is 10.5 Å². The van der Waals surface area contributed by atoms with Gasteiger partial charge in [0.1, 0.15) is 5.75 Å². The summed E-state index contributed by atoms with van der Waals surface area (Å²) in [6.45, 7) is 3.38. The number of rotatable bonds is 6. The third-order valence-electron chi connectivity index (χ3n) is 2.71. The molecule has 0 saturated carbocycles. The van der Waals surface area contributed by atoms with Crippen LogP contribution in [0.15, 0.2) is 18.2 Å². The van der Waals surface area contributed by atoms with Crippen LogP contribution in [0.1, 0.15) is 26.7 Å². The van der Waals surface area contributed by atoms with Crippen LogP contribution in [-0.4, -0.2) is 25.0 Å². The molecule has 1 atom stereocenters. The van der Waals surface area contributed by atoms with Gasteiger partial charge < -0.3 is 21.1 Å². The Morgan fingerprint density at radius 3 is 2.60 bits per heavy atom. The number of anilines is 2. The first kappa shape index (κ1) is 16.0. The fraction of sp³-hybridized carbons (Fsp3) is 0.429. The van der Waals surface area contributed by atoms with Gasteiger partial charge in [0.2, 0.25) is 11.8 Å². The normalized spacial score (nSPS) is 11.6. The number of hydrogen-bond donors (Lipinski definition) is 3. The molecule has 0 bridgehead atoms. The van der Waals surface area contributed by atoms with Gasteiger partial charge in [-0.1, -0.05) is 13.3 Å². The van der Waals surface area contributed by atoms with Crippen molar-refractivity contribution < 1.29 is 14.3 Å². The van der Waals surface area contributed by atoms with E-state index < -0.39 is 6.04 Å². The Hall–Kier alpha value is -2.08. The molecule has 0 heterocycles. The molecule has 0 aliphatic rings. The average Bonchev–Trinajstić information content (AvgIpc) is 2.38. The Balaban J connectivity index is 2.90. The highest BCUT2D eigenvalue weighted by molar-refractivity contribution is 5.97. The van der Waals surface area contributed by atoms with Gasteiger partial charge in [-0.25, -0.2) is 0 Å². The Morgan fingerprint density at radius 2 is 2.05 bits per heavy atom. The van der Waals surface area contributed by atoms with Gasteiger partial charge in [-0.05, 0) is 24.6 Å². The van der Waals surface area contributed by atoms with Crippen LogP contribution in [0.25, 0.3) is 0 Å². The van der Waals surface area contributed by atoms with E-state index in [0.717, 1.165) is 6.42 Å². The Kier molecular flexibility index (Phi) is 5.99. The van der Waals surface area contributed by atoms with E-state index in [-0.39, 0.29) is 11.8 Å². The second kappa shape index (κ2) is 7.49. The first-order chi connectivity index (χ1) is 9.47. The summed E-state index contributed by atoms with van der Waals surface area (Å²) >= 11 is 0. The van der Waals surface area contributed by atoms with E-state index in [1.54, 1.807) is 18.2 Å². The molecule has 1 rings (SSSR count). The van der Waals surface area contributed by atoms with Crippen molar-refractivity contribution in [1.82, 2.24) is 0 Å². The number of carbonyl (C=O) groups is 2. The Morgan fingerprint density at radius 1 is 1.35 bits per heavy atom. The van der Waals surface area contributed by atoms with Gasteiger partial charge in [-0.3, -0.25) is 9.59 Å². The Bertz CT molecular complexity index is 489. The zero-order chi connectivity index (χ0) is 15.1. The maximum Gasteiger partial charge on any atom is 0.241 e. The fourth-order valence-electron chi connectivity index (χ4n) is 1.75. The lowest BCUT2D eigenvalue weighted by Gasteiger charge is -2.15. The van der Waals surface area contributed by atoms with Crippen molar-refractivity contribution in [2.75, 3.05) is 17.7 Å². The molecule has 0 aliphatic carbocycles. The molecular formula is C14H21N3O3. The Labute approximate surface area is 118 Å². The van der Waals surface area contributed by atoms with Gasteiger partial charge in [0.25, 0.3) is 0 Å². The topological polar surface area (TPSA) is 93.5 Å². The first-order valence-corrected chi connectivity index (χ1v) is 6.50. The summed E-state index contributed by atoms with van der Waals surface area (Å²) in [5.74, 6) is 0.0522. The number of hydrogen-bond acceptors (Lipinski definition) is 4. The lowest BCUT2D eigenvalue weighted by molar-refractivity contribution is -0.117. The summed E-state index contributed by atoms with van der Waals surface area (Å²) in [5.41, 5.74) is 6.83. The van der Waals surface area contributed by atoms with Crippen LogP contribution in [0, 0.1) is 0 Å². The molecule has 0 spiro atoms. The molecule has 6 nitrogen and oxygen atoms in total. The first-order valence-electron chi connectivity index (χ1n) is 6.50. The summed E-state index contributed by atoms with van der Waals surface area (Å²) in [4.78, 5) is 23.0. The average molecular weight is 279 g/mol. The molecule has 1 aromatic rings. The molecule has 0 saturated heterocycles. The molecule has 0 radical (unpaired) electrons. The minimum Gasteiger partial charge on any atom is -0.495 e. The van der Waals surface area contributed by atoms with Crippen molar-refractivity contribution in [3.8, 4) is 5.75 Å². The lowest BCUT2D eigenvalue weighted by Crippen LogP contribution is -2.35. The number of methoxy groups -OCH3 is 1. The second-order valence-electron chi connectivity index (χ2n) is 4.48. The third-order valence-corrected chi connectivity index (χ3v) is 2.71. The largest absolute Gasteiger partial charge is 0.495 e. The summed E-state index contributed by atoms with van der Waals surface area (Å²) < 4.78 is 5.18. The van der Waals surface area contributed by atoms with Gasteiger partial charge >= 0.3 is 0 Å². The van der Waals surface area contributed by atoms with E-state index in [9.17, 15) is 9.59 Å². The van der Waals surface area contributed by atoms with Crippen molar-refractivity contribution >= 4 is 23.2 Å². The van der Waals surface area contributed by atoms with Crippen molar-refractivity contribution in [2.24, 2.45) is 5.73 Å². The molecular weight excluding hydrogens is 258 g/mol. The summed E-state index contributed by atoms with van der Waals surface area (Å²) in [7, 11) is 1.51. The monoisotopic (exact) mass is 279 g/mol. The highest BCUT2D eigenvalue weighted by Gasteiger charge is 2.15. The molecule has 110 valence electrons. The van der Waals surface area contributed by atoms with Gasteiger partial charge in [-0.2, -0.15) is 0 Å². The third kappa shape index (κ3) is 4.55. The molecule has 20 heavy (non-hydrogen) atoms. The molecule has 0 aliphatic heterocycles. The summed E-state index contributed by atoms with van der Waals surface area (Å²) in [6.07, 6.45) is 1.44. The number of benzene rings is 1. The van der Waals surface area contributed by atoms with E-state index in [1.807, 2.05) is 6.92 Å². The molecule has 0 aromatic heterocycles. The maximum atomic E-state index is 11.9. The van der Waals surface area contributed by atoms with E-state index in [1.165, 1.54) is 14.0 Å².